The Morgan fingerprint density at radius 2 is 1.91 bits per heavy atom. The first kappa shape index (κ1) is 8.23. The molecule has 0 aromatic carbocycles. The first-order chi connectivity index (χ1) is 5.25. The number of halogens is 1. The second-order valence-electron chi connectivity index (χ2n) is 2.05. The van der Waals surface area contributed by atoms with Crippen LogP contribution in [0.3, 0.4) is 0 Å². The fourth-order valence-corrected chi connectivity index (χ4v) is 0.890. The molecular weight excluding hydrogens is 168 g/mol. The van der Waals surface area contributed by atoms with E-state index in [0.29, 0.717) is 13.1 Å². The van der Waals surface area contributed by atoms with Gasteiger partial charge in [0.15, 0.2) is 0 Å². The molecule has 0 aromatic heterocycles. The Balaban J connectivity index is 2.46. The van der Waals surface area contributed by atoms with E-state index in [-0.39, 0.29) is 11.8 Å². The lowest BCUT2D eigenvalue weighted by Crippen LogP contribution is -2.34. The highest BCUT2D eigenvalue weighted by Crippen LogP contribution is 2.01. The van der Waals surface area contributed by atoms with Crippen molar-refractivity contribution in [2.75, 3.05) is 13.1 Å². The molecule has 0 saturated carbocycles. The molecule has 1 aliphatic heterocycles. The molecule has 0 fully saturated rings. The van der Waals surface area contributed by atoms with E-state index in [1.807, 2.05) is 0 Å². The van der Waals surface area contributed by atoms with Crippen LogP contribution < -0.4 is 4.84 Å². The normalized spacial score (nSPS) is 16.6. The van der Waals surface area contributed by atoms with Gasteiger partial charge in [-0.05, 0) is 11.8 Å². The predicted molar refractivity (Wildman–Crippen MR) is 39.7 cm³/mol. The van der Waals surface area contributed by atoms with Crippen LogP contribution in [0.5, 0.6) is 0 Å². The molecule has 0 saturated heterocycles. The van der Waals surface area contributed by atoms with Crippen LogP contribution >= 0.6 is 11.8 Å². The van der Waals surface area contributed by atoms with E-state index < -0.39 is 0 Å². The molecule has 0 aliphatic carbocycles. The van der Waals surface area contributed by atoms with E-state index in [9.17, 15) is 9.59 Å². The van der Waals surface area contributed by atoms with Crippen LogP contribution in [0.25, 0.3) is 0 Å². The summed E-state index contributed by atoms with van der Waals surface area (Å²) in [5, 5.41) is 0. The average molecular weight is 175 g/mol. The van der Waals surface area contributed by atoms with E-state index in [0.717, 1.165) is 4.90 Å². The van der Waals surface area contributed by atoms with Gasteiger partial charge in [-0.25, -0.2) is 4.84 Å². The smallest absolute Gasteiger partial charge is 0.253 e. The molecule has 0 aromatic rings. The third-order valence-corrected chi connectivity index (χ3v) is 1.52. The maximum Gasteiger partial charge on any atom is 0.253 e. The van der Waals surface area contributed by atoms with Gasteiger partial charge in [0.25, 0.3) is 11.8 Å². The lowest BCUT2D eigenvalue weighted by molar-refractivity contribution is -0.136. The zero-order valence-corrected chi connectivity index (χ0v) is 6.47. The maximum atomic E-state index is 10.8. The maximum absolute atomic E-state index is 10.8. The fraction of sp³-hybridized carbons (Fsp3) is 0.333. The first-order valence-electron chi connectivity index (χ1n) is 3.12. The number of hydrogen-bond acceptors (Lipinski definition) is 3. The Bertz CT molecular complexity index is 197. The van der Waals surface area contributed by atoms with Crippen molar-refractivity contribution in [1.82, 2.24) is 9.74 Å². The van der Waals surface area contributed by atoms with Crippen molar-refractivity contribution < 1.29 is 9.59 Å². The summed E-state index contributed by atoms with van der Waals surface area (Å²) < 4.78 is 0. The van der Waals surface area contributed by atoms with Crippen molar-refractivity contribution in [3.8, 4) is 0 Å². The van der Waals surface area contributed by atoms with Gasteiger partial charge >= 0.3 is 0 Å². The first-order valence-corrected chi connectivity index (χ1v) is 3.50. The molecule has 0 atom stereocenters. The van der Waals surface area contributed by atoms with Gasteiger partial charge in [-0.3, -0.25) is 14.5 Å². The van der Waals surface area contributed by atoms with E-state index in [4.69, 9.17) is 11.8 Å². The SMILES string of the molecule is O=C1C=CC(=O)N1CCNCl. The fourth-order valence-electron chi connectivity index (χ4n) is 0.806. The van der Waals surface area contributed by atoms with Crippen molar-refractivity contribution in [1.29, 1.82) is 0 Å². The highest BCUT2D eigenvalue weighted by atomic mass is 35.5. The number of amides is 2. The second-order valence-corrected chi connectivity index (χ2v) is 2.31. The summed E-state index contributed by atoms with van der Waals surface area (Å²) in [6.45, 7) is 0.717. The van der Waals surface area contributed by atoms with Crippen LogP contribution in [0.2, 0.25) is 0 Å². The van der Waals surface area contributed by atoms with Crippen LogP contribution in [0.4, 0.5) is 0 Å². The van der Waals surface area contributed by atoms with Crippen molar-refractivity contribution >= 4 is 23.6 Å². The van der Waals surface area contributed by atoms with E-state index in [1.165, 1.54) is 12.2 Å². The number of hydrogen-bond donors (Lipinski definition) is 1. The highest BCUT2D eigenvalue weighted by Gasteiger charge is 2.21. The molecule has 1 heterocycles. The number of nitrogens with zero attached hydrogens (tertiary/aromatic N) is 1. The zero-order chi connectivity index (χ0) is 8.27. The van der Waals surface area contributed by atoms with Gasteiger partial charge in [0.05, 0.1) is 0 Å². The Hall–Kier alpha value is -0.870. The van der Waals surface area contributed by atoms with E-state index >= 15 is 0 Å². The summed E-state index contributed by atoms with van der Waals surface area (Å²) in [5.41, 5.74) is 0. The molecule has 1 rings (SSSR count). The lowest BCUT2D eigenvalue weighted by Gasteiger charge is -2.11. The molecule has 0 bridgehead atoms. The molecule has 5 heteroatoms. The molecule has 0 unspecified atom stereocenters. The van der Waals surface area contributed by atoms with Gasteiger partial charge in [0.1, 0.15) is 0 Å². The summed E-state index contributed by atoms with van der Waals surface area (Å²) in [6, 6.07) is 0. The van der Waals surface area contributed by atoms with Gasteiger partial charge in [0.2, 0.25) is 0 Å². The Morgan fingerprint density at radius 3 is 2.36 bits per heavy atom. The van der Waals surface area contributed by atoms with Crippen molar-refractivity contribution in [3.63, 3.8) is 0 Å². The number of imide groups is 1. The topological polar surface area (TPSA) is 49.4 Å². The van der Waals surface area contributed by atoms with Gasteiger partial charge in [-0.2, -0.15) is 0 Å². The van der Waals surface area contributed by atoms with E-state index in [2.05, 4.69) is 4.84 Å². The molecule has 4 nitrogen and oxygen atoms in total. The highest BCUT2D eigenvalue weighted by molar-refractivity contribution is 6.14. The molecule has 60 valence electrons. The van der Waals surface area contributed by atoms with Crippen molar-refractivity contribution in [2.24, 2.45) is 0 Å². The summed E-state index contributed by atoms with van der Waals surface area (Å²) in [4.78, 5) is 25.1. The minimum Gasteiger partial charge on any atom is -0.274 e. The van der Waals surface area contributed by atoms with Crippen LogP contribution in [-0.2, 0) is 9.59 Å². The monoisotopic (exact) mass is 174 g/mol. The quantitative estimate of drug-likeness (QED) is 0.470. The molecule has 1 aliphatic rings. The molecule has 2 amide bonds. The lowest BCUT2D eigenvalue weighted by atomic mass is 10.5. The molecule has 0 radical (unpaired) electrons. The van der Waals surface area contributed by atoms with Crippen LogP contribution in [0.1, 0.15) is 0 Å². The standard InChI is InChI=1S/C6H7ClN2O2/c7-8-3-4-9-5(10)1-2-6(9)11/h1-2,8H,3-4H2. The minimum absolute atomic E-state index is 0.276. The minimum atomic E-state index is -0.276. The number of nitrogens with one attached hydrogen (secondary N) is 1. The number of rotatable bonds is 3. The van der Waals surface area contributed by atoms with Crippen molar-refractivity contribution in [3.05, 3.63) is 12.2 Å². The van der Waals surface area contributed by atoms with Gasteiger partial charge in [-0.1, -0.05) is 0 Å². The average Bonchev–Trinajstić information content (AvgIpc) is 2.29. The third-order valence-electron chi connectivity index (χ3n) is 1.33. The molecule has 0 spiro atoms. The van der Waals surface area contributed by atoms with Crippen LogP contribution in [0, 0.1) is 0 Å². The van der Waals surface area contributed by atoms with Gasteiger partial charge in [0, 0.05) is 25.2 Å². The van der Waals surface area contributed by atoms with E-state index in [1.54, 1.807) is 0 Å². The number of carbonyl (C=O) groups is 2. The predicted octanol–water partition coefficient (Wildman–Crippen LogP) is -0.345. The molecular formula is C6H7ClN2O2. The second kappa shape index (κ2) is 3.50. The Kier molecular flexibility index (Phi) is 2.62. The van der Waals surface area contributed by atoms with Crippen LogP contribution in [-0.4, -0.2) is 29.8 Å². The Morgan fingerprint density at radius 1 is 1.36 bits per heavy atom. The summed E-state index contributed by atoms with van der Waals surface area (Å²) >= 11 is 5.16. The third kappa shape index (κ3) is 1.78. The van der Waals surface area contributed by atoms with Crippen LogP contribution in [0.15, 0.2) is 12.2 Å². The van der Waals surface area contributed by atoms with Gasteiger partial charge in [-0.15, -0.1) is 0 Å². The largest absolute Gasteiger partial charge is 0.274 e. The van der Waals surface area contributed by atoms with Gasteiger partial charge < -0.3 is 0 Å². The Labute approximate surface area is 68.9 Å². The number of carbonyl (C=O) groups excluding carboxylic acids is 2. The summed E-state index contributed by atoms with van der Waals surface area (Å²) in [6.07, 6.45) is 2.49. The molecule has 11 heavy (non-hydrogen) atoms. The zero-order valence-electron chi connectivity index (χ0n) is 5.71. The van der Waals surface area contributed by atoms with Crippen molar-refractivity contribution in [2.45, 2.75) is 0 Å². The summed E-state index contributed by atoms with van der Waals surface area (Å²) in [7, 11) is 0. The summed E-state index contributed by atoms with van der Waals surface area (Å²) in [5.74, 6) is -0.552. The molecule has 1 N–H and O–H groups in total.